The predicted molar refractivity (Wildman–Crippen MR) is 138 cm³/mol. The molecule has 176 valence electrons. The second-order valence-electron chi connectivity index (χ2n) is 9.04. The molecule has 3 aromatic rings. The molecule has 0 N–H and O–H groups in total. The van der Waals surface area contributed by atoms with Crippen LogP contribution in [0.5, 0.6) is 5.75 Å². The number of hydrogen-bond acceptors (Lipinski definition) is 3. The van der Waals surface area contributed by atoms with Crippen LogP contribution in [0.2, 0.25) is 0 Å². The molecule has 0 fully saturated rings. The zero-order valence-electron chi connectivity index (χ0n) is 20.3. The topological polar surface area (TPSA) is 26.5 Å². The molecule has 0 aliphatic heterocycles. The van der Waals surface area contributed by atoms with Crippen molar-refractivity contribution in [1.29, 1.82) is 0 Å². The van der Waals surface area contributed by atoms with Gasteiger partial charge in [-0.05, 0) is 49.8 Å². The highest BCUT2D eigenvalue weighted by Crippen LogP contribution is 2.21. The van der Waals surface area contributed by atoms with Gasteiger partial charge in [-0.25, -0.2) is 4.98 Å². The molecule has 0 saturated carbocycles. The number of rotatable bonds is 17. The molecule has 3 rings (SSSR count). The van der Waals surface area contributed by atoms with E-state index in [1.54, 1.807) is 0 Å². The summed E-state index contributed by atoms with van der Waals surface area (Å²) >= 11 is 1.86. The average molecular weight is 455 g/mol. The number of fused-ring (bicyclic) bond motifs is 1. The van der Waals surface area contributed by atoms with E-state index in [0.717, 1.165) is 36.6 Å². The first-order valence-corrected chi connectivity index (χ1v) is 13.8. The lowest BCUT2D eigenvalue weighted by molar-refractivity contribution is 0.304. The molecular weight excluding hydrogens is 412 g/mol. The molecule has 0 spiro atoms. The summed E-state index contributed by atoms with van der Waals surface area (Å²) in [5.74, 6) is 0.993. The smallest absolute Gasteiger partial charge is 0.194 e. The number of nitrogens with zero attached hydrogens (tertiary/aromatic N) is 2. The average Bonchev–Trinajstić information content (AvgIpc) is 3.36. The minimum atomic E-state index is 0.831. The summed E-state index contributed by atoms with van der Waals surface area (Å²) < 4.78 is 8.13. The molecule has 0 radical (unpaired) electrons. The quantitative estimate of drug-likeness (QED) is 0.191. The lowest BCUT2D eigenvalue weighted by Crippen LogP contribution is -1.98. The maximum Gasteiger partial charge on any atom is 0.194 e. The van der Waals surface area contributed by atoms with Crippen molar-refractivity contribution in [2.75, 3.05) is 6.61 Å². The number of hydrogen-bond donors (Lipinski definition) is 0. The minimum Gasteiger partial charge on any atom is -0.494 e. The Kier molecular flexibility index (Phi) is 11.1. The highest BCUT2D eigenvalue weighted by Gasteiger charge is 2.07. The van der Waals surface area contributed by atoms with E-state index in [9.17, 15) is 0 Å². The number of benzene rings is 1. The third-order valence-electron chi connectivity index (χ3n) is 6.14. The van der Waals surface area contributed by atoms with E-state index < -0.39 is 0 Å². The molecule has 0 saturated heterocycles. The monoisotopic (exact) mass is 454 g/mol. The van der Waals surface area contributed by atoms with E-state index in [1.165, 1.54) is 86.8 Å². The largest absolute Gasteiger partial charge is 0.494 e. The van der Waals surface area contributed by atoms with Gasteiger partial charge in [-0.15, -0.1) is 11.3 Å². The number of aromatic nitrogens is 2. The molecular formula is C28H42N2OS. The molecule has 32 heavy (non-hydrogen) atoms. The van der Waals surface area contributed by atoms with Gasteiger partial charge in [0, 0.05) is 17.3 Å². The molecule has 2 aromatic heterocycles. The highest BCUT2D eigenvalue weighted by molar-refractivity contribution is 7.17. The van der Waals surface area contributed by atoms with Gasteiger partial charge in [0.15, 0.2) is 4.96 Å². The standard InChI is InChI=1S/C28H42N2OS/c1-3-5-7-9-11-13-21-31-26-19-16-24(17-20-26)15-18-25-22-30-23-27(32-28(30)29-25)14-12-10-8-6-4-2/h16-17,19-20,22-23H,3-15,18,21H2,1-2H3. The molecule has 0 aliphatic rings. The molecule has 0 unspecified atom stereocenters. The van der Waals surface area contributed by atoms with E-state index in [4.69, 9.17) is 9.72 Å². The summed E-state index contributed by atoms with van der Waals surface area (Å²) in [5, 5.41) is 0. The van der Waals surface area contributed by atoms with Crippen molar-refractivity contribution < 1.29 is 4.74 Å². The molecule has 0 aliphatic carbocycles. The Morgan fingerprint density at radius 3 is 2.16 bits per heavy atom. The predicted octanol–water partition coefficient (Wildman–Crippen LogP) is 8.43. The third-order valence-corrected chi connectivity index (χ3v) is 7.20. The first kappa shape index (κ1) is 24.8. The zero-order valence-corrected chi connectivity index (χ0v) is 21.1. The fourth-order valence-electron chi connectivity index (χ4n) is 4.13. The van der Waals surface area contributed by atoms with Crippen molar-refractivity contribution in [3.8, 4) is 5.75 Å². The first-order chi connectivity index (χ1) is 15.8. The molecule has 0 bridgehead atoms. The van der Waals surface area contributed by atoms with Crippen molar-refractivity contribution >= 4 is 16.3 Å². The van der Waals surface area contributed by atoms with E-state index in [0.29, 0.717) is 0 Å². The fourth-order valence-corrected chi connectivity index (χ4v) is 5.15. The molecule has 4 heteroatoms. The van der Waals surface area contributed by atoms with Crippen LogP contribution in [-0.2, 0) is 19.3 Å². The minimum absolute atomic E-state index is 0.831. The lowest BCUT2D eigenvalue weighted by Gasteiger charge is -2.07. The van der Waals surface area contributed by atoms with E-state index >= 15 is 0 Å². The van der Waals surface area contributed by atoms with Gasteiger partial charge in [0.1, 0.15) is 5.75 Å². The van der Waals surface area contributed by atoms with Crippen LogP contribution >= 0.6 is 11.3 Å². The van der Waals surface area contributed by atoms with Crippen molar-refractivity contribution in [2.24, 2.45) is 0 Å². The van der Waals surface area contributed by atoms with Crippen LogP contribution in [0.4, 0.5) is 0 Å². The SMILES string of the molecule is CCCCCCCCOc1ccc(CCc2cn3cc(CCCCCCC)sc3n2)cc1. The number of aryl methyl sites for hydroxylation is 3. The number of unbranched alkanes of at least 4 members (excludes halogenated alkanes) is 9. The Balaban J connectivity index is 1.35. The highest BCUT2D eigenvalue weighted by atomic mass is 32.1. The van der Waals surface area contributed by atoms with Gasteiger partial charge in [-0.1, -0.05) is 83.8 Å². The van der Waals surface area contributed by atoms with Crippen LogP contribution in [0.25, 0.3) is 4.96 Å². The van der Waals surface area contributed by atoms with Gasteiger partial charge in [0.25, 0.3) is 0 Å². The van der Waals surface area contributed by atoms with Gasteiger partial charge in [0.05, 0.1) is 12.3 Å². The number of ether oxygens (including phenoxy) is 1. The Morgan fingerprint density at radius 1 is 0.750 bits per heavy atom. The molecule has 0 amide bonds. The van der Waals surface area contributed by atoms with Gasteiger partial charge >= 0.3 is 0 Å². The van der Waals surface area contributed by atoms with Crippen LogP contribution in [0.1, 0.15) is 101 Å². The Hall–Kier alpha value is -1.81. The van der Waals surface area contributed by atoms with Crippen molar-refractivity contribution in [1.82, 2.24) is 9.38 Å². The van der Waals surface area contributed by atoms with Crippen molar-refractivity contribution in [3.05, 3.63) is 52.8 Å². The molecule has 1 aromatic carbocycles. The maximum atomic E-state index is 5.90. The Bertz CT molecular complexity index is 849. The van der Waals surface area contributed by atoms with Gasteiger partial charge < -0.3 is 4.74 Å². The van der Waals surface area contributed by atoms with Crippen LogP contribution in [0.15, 0.2) is 36.7 Å². The summed E-state index contributed by atoms with van der Waals surface area (Å²) in [5.41, 5.74) is 2.54. The van der Waals surface area contributed by atoms with Crippen LogP contribution < -0.4 is 4.74 Å². The summed E-state index contributed by atoms with van der Waals surface area (Å²) in [6.07, 6.45) is 22.2. The molecule has 0 atom stereocenters. The Morgan fingerprint density at radius 2 is 1.44 bits per heavy atom. The maximum absolute atomic E-state index is 5.90. The van der Waals surface area contributed by atoms with Gasteiger partial charge in [0.2, 0.25) is 0 Å². The van der Waals surface area contributed by atoms with Gasteiger partial charge in [-0.3, -0.25) is 4.40 Å². The van der Waals surface area contributed by atoms with Gasteiger partial charge in [-0.2, -0.15) is 0 Å². The number of thiazole rings is 1. The van der Waals surface area contributed by atoms with Crippen molar-refractivity contribution in [2.45, 2.75) is 104 Å². The first-order valence-electron chi connectivity index (χ1n) is 13.0. The summed E-state index contributed by atoms with van der Waals surface area (Å²) in [6, 6.07) is 8.63. The Labute approximate surface area is 199 Å². The summed E-state index contributed by atoms with van der Waals surface area (Å²) in [4.78, 5) is 7.46. The lowest BCUT2D eigenvalue weighted by atomic mass is 10.1. The normalized spacial score (nSPS) is 11.4. The van der Waals surface area contributed by atoms with Crippen LogP contribution in [-0.4, -0.2) is 16.0 Å². The summed E-state index contributed by atoms with van der Waals surface area (Å²) in [6.45, 7) is 5.36. The van der Waals surface area contributed by atoms with Crippen LogP contribution in [0, 0.1) is 0 Å². The second-order valence-corrected chi connectivity index (χ2v) is 10.1. The third kappa shape index (κ3) is 8.61. The molecule has 3 nitrogen and oxygen atoms in total. The van der Waals surface area contributed by atoms with Crippen molar-refractivity contribution in [3.63, 3.8) is 0 Å². The second kappa shape index (κ2) is 14.4. The fraction of sp³-hybridized carbons (Fsp3) is 0.607. The zero-order chi connectivity index (χ0) is 22.4. The molecule has 2 heterocycles. The van der Waals surface area contributed by atoms with E-state index in [2.05, 4.69) is 54.9 Å². The number of imidazole rings is 1. The van der Waals surface area contributed by atoms with Crippen LogP contribution in [0.3, 0.4) is 0 Å². The van der Waals surface area contributed by atoms with E-state index in [-0.39, 0.29) is 0 Å². The van der Waals surface area contributed by atoms with E-state index in [1.807, 2.05) is 11.3 Å². The summed E-state index contributed by atoms with van der Waals surface area (Å²) in [7, 11) is 0.